The van der Waals surface area contributed by atoms with Crippen molar-refractivity contribution in [1.29, 1.82) is 0 Å². The van der Waals surface area contributed by atoms with Crippen molar-refractivity contribution >= 4 is 18.3 Å². The fraction of sp³-hybridized carbons (Fsp3) is 0.750. The van der Waals surface area contributed by atoms with Gasteiger partial charge in [-0.25, -0.2) is 4.79 Å². The van der Waals surface area contributed by atoms with Crippen LogP contribution in [0.5, 0.6) is 0 Å². The Morgan fingerprint density at radius 1 is 1.26 bits per heavy atom. The average molecular weight is 275 g/mol. The van der Waals surface area contributed by atoms with Gasteiger partial charge in [-0.2, -0.15) is 0 Å². The van der Waals surface area contributed by atoms with Crippen LogP contribution in [0.4, 0.5) is 0 Å². The Morgan fingerprint density at radius 3 is 2.37 bits per heavy atom. The third-order valence-electron chi connectivity index (χ3n) is 2.13. The molecule has 0 aromatic heterocycles. The highest BCUT2D eigenvalue weighted by molar-refractivity contribution is 5.85. The molecule has 19 heavy (non-hydrogen) atoms. The van der Waals surface area contributed by atoms with E-state index in [-0.39, 0.29) is 19.0 Å². The van der Waals surface area contributed by atoms with E-state index in [1.165, 1.54) is 14.0 Å². The largest absolute Gasteiger partial charge is 0.428 e. The van der Waals surface area contributed by atoms with Gasteiger partial charge >= 0.3 is 5.97 Å². The Balaban J connectivity index is 4.50. The molecular formula is C12H21NO6. The van der Waals surface area contributed by atoms with E-state index in [1.807, 2.05) is 13.8 Å². The monoisotopic (exact) mass is 275 g/mol. The molecule has 2 atom stereocenters. The summed E-state index contributed by atoms with van der Waals surface area (Å²) in [6.45, 7) is 5.29. The van der Waals surface area contributed by atoms with Crippen LogP contribution < -0.4 is 5.32 Å². The fourth-order valence-electron chi connectivity index (χ4n) is 1.40. The van der Waals surface area contributed by atoms with Crippen LogP contribution in [0.2, 0.25) is 0 Å². The van der Waals surface area contributed by atoms with Gasteiger partial charge in [0.25, 0.3) is 6.47 Å². The van der Waals surface area contributed by atoms with E-state index in [0.29, 0.717) is 6.42 Å². The summed E-state index contributed by atoms with van der Waals surface area (Å²) in [7, 11) is 1.38. The lowest BCUT2D eigenvalue weighted by molar-refractivity contribution is -0.179. The topological polar surface area (TPSA) is 90.9 Å². The molecule has 0 rings (SSSR count). The Morgan fingerprint density at radius 2 is 1.89 bits per heavy atom. The summed E-state index contributed by atoms with van der Waals surface area (Å²) in [5.41, 5.74) is 0. The molecule has 0 aliphatic heterocycles. The second-order valence-electron chi connectivity index (χ2n) is 4.42. The molecule has 1 amide bonds. The van der Waals surface area contributed by atoms with Gasteiger partial charge in [0.15, 0.2) is 0 Å². The van der Waals surface area contributed by atoms with Crippen molar-refractivity contribution in [2.24, 2.45) is 5.92 Å². The number of carbonyl (C=O) groups is 3. The van der Waals surface area contributed by atoms with Crippen LogP contribution in [-0.4, -0.2) is 44.4 Å². The fourth-order valence-corrected chi connectivity index (χ4v) is 1.40. The lowest BCUT2D eigenvalue weighted by Crippen LogP contribution is -2.45. The van der Waals surface area contributed by atoms with Crippen molar-refractivity contribution in [3.05, 3.63) is 0 Å². The molecule has 0 aromatic rings. The van der Waals surface area contributed by atoms with Crippen molar-refractivity contribution in [2.45, 2.75) is 39.5 Å². The van der Waals surface area contributed by atoms with Gasteiger partial charge in [-0.05, 0) is 12.3 Å². The Bertz CT molecular complexity index is 305. The Labute approximate surface area is 112 Å². The van der Waals surface area contributed by atoms with Gasteiger partial charge in [0.2, 0.25) is 12.2 Å². The van der Waals surface area contributed by atoms with Crippen molar-refractivity contribution in [3.8, 4) is 0 Å². The molecule has 0 bridgehead atoms. The number of ether oxygens (including phenoxy) is 3. The number of nitrogens with one attached hydrogen (secondary N) is 1. The molecule has 0 saturated carbocycles. The van der Waals surface area contributed by atoms with Gasteiger partial charge in [0.1, 0.15) is 12.6 Å². The van der Waals surface area contributed by atoms with Crippen molar-refractivity contribution in [3.63, 3.8) is 0 Å². The molecule has 0 saturated heterocycles. The van der Waals surface area contributed by atoms with Crippen LogP contribution in [0.1, 0.15) is 27.2 Å². The van der Waals surface area contributed by atoms with E-state index in [0.717, 1.165) is 0 Å². The van der Waals surface area contributed by atoms with Gasteiger partial charge in [0, 0.05) is 14.0 Å². The third-order valence-corrected chi connectivity index (χ3v) is 2.13. The number of esters is 1. The van der Waals surface area contributed by atoms with E-state index in [1.54, 1.807) is 0 Å². The van der Waals surface area contributed by atoms with E-state index in [9.17, 15) is 14.4 Å². The summed E-state index contributed by atoms with van der Waals surface area (Å²) in [5, 5.41) is 2.51. The highest BCUT2D eigenvalue weighted by atomic mass is 16.7. The predicted octanol–water partition coefficient (Wildman–Crippen LogP) is 0.226. The molecule has 0 fully saturated rings. The maximum Gasteiger partial charge on any atom is 0.331 e. The van der Waals surface area contributed by atoms with E-state index in [4.69, 9.17) is 4.74 Å². The minimum atomic E-state index is -0.987. The summed E-state index contributed by atoms with van der Waals surface area (Å²) >= 11 is 0. The van der Waals surface area contributed by atoms with Crippen LogP contribution in [-0.2, 0) is 28.6 Å². The maximum atomic E-state index is 11.8. The molecule has 110 valence electrons. The number of carbonyl (C=O) groups excluding carboxylic acids is 3. The van der Waals surface area contributed by atoms with E-state index in [2.05, 4.69) is 14.8 Å². The second kappa shape index (κ2) is 9.32. The first-order chi connectivity index (χ1) is 8.90. The van der Waals surface area contributed by atoms with E-state index < -0.39 is 24.2 Å². The third kappa shape index (κ3) is 8.15. The SMILES string of the molecule is COCC(=O)NC(CC(C)C)C(=O)OC(C)OC=O. The Kier molecular flexibility index (Phi) is 8.52. The highest BCUT2D eigenvalue weighted by Gasteiger charge is 2.25. The molecule has 0 spiro atoms. The predicted molar refractivity (Wildman–Crippen MR) is 66.0 cm³/mol. The molecule has 0 heterocycles. The van der Waals surface area contributed by atoms with Crippen LogP contribution in [0.15, 0.2) is 0 Å². The van der Waals surface area contributed by atoms with Crippen molar-refractivity contribution in [2.75, 3.05) is 13.7 Å². The summed E-state index contributed by atoms with van der Waals surface area (Å²) < 4.78 is 14.0. The summed E-state index contributed by atoms with van der Waals surface area (Å²) in [5.74, 6) is -0.871. The van der Waals surface area contributed by atoms with Crippen LogP contribution >= 0.6 is 0 Å². The van der Waals surface area contributed by atoms with E-state index >= 15 is 0 Å². The number of hydrogen-bond donors (Lipinski definition) is 1. The number of hydrogen-bond acceptors (Lipinski definition) is 6. The van der Waals surface area contributed by atoms with Gasteiger partial charge in [-0.3, -0.25) is 9.59 Å². The van der Waals surface area contributed by atoms with Crippen molar-refractivity contribution < 1.29 is 28.6 Å². The Hall–Kier alpha value is -1.63. The lowest BCUT2D eigenvalue weighted by Gasteiger charge is -2.21. The normalized spacial score (nSPS) is 13.5. The van der Waals surface area contributed by atoms with Gasteiger partial charge in [-0.1, -0.05) is 13.8 Å². The van der Waals surface area contributed by atoms with Gasteiger partial charge < -0.3 is 19.5 Å². The zero-order chi connectivity index (χ0) is 14.8. The average Bonchev–Trinajstić information content (AvgIpc) is 2.27. The number of rotatable bonds is 9. The minimum absolute atomic E-state index is 0.137. The molecule has 2 unspecified atom stereocenters. The number of amides is 1. The smallest absolute Gasteiger partial charge is 0.331 e. The first-order valence-electron chi connectivity index (χ1n) is 5.98. The summed E-state index contributed by atoms with van der Waals surface area (Å²) in [6.07, 6.45) is -0.568. The lowest BCUT2D eigenvalue weighted by atomic mass is 10.0. The quantitative estimate of drug-likeness (QED) is 0.368. The van der Waals surface area contributed by atoms with Gasteiger partial charge in [0.05, 0.1) is 0 Å². The first-order valence-corrected chi connectivity index (χ1v) is 5.98. The van der Waals surface area contributed by atoms with Crippen molar-refractivity contribution in [1.82, 2.24) is 5.32 Å². The maximum absolute atomic E-state index is 11.8. The van der Waals surface area contributed by atoms with Crippen LogP contribution in [0.3, 0.4) is 0 Å². The summed E-state index contributed by atoms with van der Waals surface area (Å²) in [4.78, 5) is 33.4. The standard InChI is InChI=1S/C12H21NO6/c1-8(2)5-10(13-11(15)6-17-4)12(16)19-9(3)18-7-14/h7-10H,5-6H2,1-4H3,(H,13,15). The zero-order valence-corrected chi connectivity index (χ0v) is 11.7. The molecule has 0 aromatic carbocycles. The van der Waals surface area contributed by atoms with Crippen LogP contribution in [0, 0.1) is 5.92 Å². The molecule has 1 N–H and O–H groups in total. The molecule has 0 radical (unpaired) electrons. The second-order valence-corrected chi connectivity index (χ2v) is 4.42. The molecule has 0 aliphatic rings. The highest BCUT2D eigenvalue weighted by Crippen LogP contribution is 2.08. The summed E-state index contributed by atoms with van der Waals surface area (Å²) in [6, 6.07) is -0.791. The minimum Gasteiger partial charge on any atom is -0.428 e. The van der Waals surface area contributed by atoms with Crippen LogP contribution in [0.25, 0.3) is 0 Å². The molecule has 7 heteroatoms. The zero-order valence-electron chi connectivity index (χ0n) is 11.7. The van der Waals surface area contributed by atoms with Gasteiger partial charge in [-0.15, -0.1) is 0 Å². The number of methoxy groups -OCH3 is 1. The molecule has 0 aliphatic carbocycles. The molecule has 7 nitrogen and oxygen atoms in total. The molecular weight excluding hydrogens is 254 g/mol. The first kappa shape index (κ1) is 17.4.